The molecule has 0 radical (unpaired) electrons. The third-order valence-electron chi connectivity index (χ3n) is 4.65. The van der Waals surface area contributed by atoms with Gasteiger partial charge in [-0.1, -0.05) is 35.3 Å². The van der Waals surface area contributed by atoms with Gasteiger partial charge in [0.05, 0.1) is 0 Å². The van der Waals surface area contributed by atoms with Crippen molar-refractivity contribution in [1.29, 1.82) is 5.26 Å². The van der Waals surface area contributed by atoms with Gasteiger partial charge in [0.15, 0.2) is 0 Å². The fraction of sp³-hybridized carbons (Fsp3) is 0.130. The largest absolute Gasteiger partial charge is 0.321 e. The first-order chi connectivity index (χ1) is 13.8. The van der Waals surface area contributed by atoms with E-state index in [0.717, 1.165) is 28.2 Å². The van der Waals surface area contributed by atoms with Crippen LogP contribution in [0.1, 0.15) is 22.5 Å². The van der Waals surface area contributed by atoms with Crippen molar-refractivity contribution in [2.75, 3.05) is 5.32 Å². The van der Waals surface area contributed by atoms with Crippen LogP contribution in [0.4, 0.5) is 5.69 Å². The third kappa shape index (κ3) is 4.54. The van der Waals surface area contributed by atoms with E-state index in [9.17, 15) is 10.1 Å². The third-order valence-corrected chi connectivity index (χ3v) is 5.12. The number of halogens is 2. The summed E-state index contributed by atoms with van der Waals surface area (Å²) in [6.45, 7) is 5.76. The first kappa shape index (κ1) is 20.7. The number of nitriles is 1. The van der Waals surface area contributed by atoms with E-state index in [2.05, 4.69) is 5.32 Å². The lowest BCUT2D eigenvalue weighted by molar-refractivity contribution is -0.112. The van der Waals surface area contributed by atoms with Crippen LogP contribution in [0.15, 0.2) is 54.1 Å². The fourth-order valence-electron chi connectivity index (χ4n) is 3.17. The van der Waals surface area contributed by atoms with Crippen molar-refractivity contribution >= 4 is 40.9 Å². The molecule has 146 valence electrons. The fourth-order valence-corrected chi connectivity index (χ4v) is 3.53. The molecule has 29 heavy (non-hydrogen) atoms. The van der Waals surface area contributed by atoms with Crippen molar-refractivity contribution < 1.29 is 4.79 Å². The summed E-state index contributed by atoms with van der Waals surface area (Å²) in [4.78, 5) is 12.7. The van der Waals surface area contributed by atoms with E-state index in [4.69, 9.17) is 23.2 Å². The maximum Gasteiger partial charge on any atom is 0.266 e. The van der Waals surface area contributed by atoms with Crippen LogP contribution < -0.4 is 5.32 Å². The van der Waals surface area contributed by atoms with Gasteiger partial charge in [0.1, 0.15) is 11.6 Å². The standard InChI is InChI=1S/C23H19Cl2N3O/c1-14-7-8-20(25)12-22(14)27-23(29)18(13-26)10-17-9-15(2)28(16(17)3)21-6-4-5-19(24)11-21/h4-12H,1-3H3,(H,27,29)/b18-10-. The van der Waals surface area contributed by atoms with Gasteiger partial charge < -0.3 is 9.88 Å². The maximum absolute atomic E-state index is 12.7. The van der Waals surface area contributed by atoms with Crippen molar-refractivity contribution in [2.24, 2.45) is 0 Å². The lowest BCUT2D eigenvalue weighted by Crippen LogP contribution is -2.14. The molecule has 1 amide bonds. The van der Waals surface area contributed by atoms with Crippen molar-refractivity contribution in [2.45, 2.75) is 20.8 Å². The number of anilines is 1. The topological polar surface area (TPSA) is 57.8 Å². The highest BCUT2D eigenvalue weighted by atomic mass is 35.5. The van der Waals surface area contributed by atoms with Gasteiger partial charge in [-0.25, -0.2) is 0 Å². The first-order valence-corrected chi connectivity index (χ1v) is 9.70. The minimum absolute atomic E-state index is 0.00993. The molecule has 0 bridgehead atoms. The molecule has 0 saturated heterocycles. The number of carbonyl (C=O) groups is 1. The Morgan fingerprint density at radius 1 is 1.07 bits per heavy atom. The maximum atomic E-state index is 12.7. The Morgan fingerprint density at radius 2 is 1.79 bits per heavy atom. The molecule has 1 aromatic heterocycles. The van der Waals surface area contributed by atoms with Crippen LogP contribution in [0.5, 0.6) is 0 Å². The molecule has 0 aliphatic heterocycles. The molecule has 0 atom stereocenters. The number of carbonyl (C=O) groups excluding carboxylic acids is 1. The van der Waals surface area contributed by atoms with Crippen molar-refractivity contribution in [1.82, 2.24) is 4.57 Å². The molecule has 6 heteroatoms. The monoisotopic (exact) mass is 423 g/mol. The molecule has 1 N–H and O–H groups in total. The molecule has 0 aliphatic carbocycles. The Bertz CT molecular complexity index is 1170. The van der Waals surface area contributed by atoms with Crippen molar-refractivity contribution in [3.05, 3.63) is 86.7 Å². The molecule has 0 saturated carbocycles. The number of aromatic nitrogens is 1. The quantitative estimate of drug-likeness (QED) is 0.397. The Hall–Kier alpha value is -3.00. The number of amides is 1. The summed E-state index contributed by atoms with van der Waals surface area (Å²) >= 11 is 12.1. The number of hydrogen-bond acceptors (Lipinski definition) is 2. The van der Waals surface area contributed by atoms with E-state index in [0.29, 0.717) is 15.7 Å². The molecular formula is C23H19Cl2N3O. The Kier molecular flexibility index (Phi) is 6.12. The van der Waals surface area contributed by atoms with E-state index < -0.39 is 5.91 Å². The Balaban J connectivity index is 1.96. The average molecular weight is 424 g/mol. The van der Waals surface area contributed by atoms with Gasteiger partial charge in [0.2, 0.25) is 0 Å². The number of nitrogens with one attached hydrogen (secondary N) is 1. The van der Waals surface area contributed by atoms with E-state index in [1.807, 2.05) is 67.8 Å². The van der Waals surface area contributed by atoms with Crippen molar-refractivity contribution in [3.63, 3.8) is 0 Å². The summed E-state index contributed by atoms with van der Waals surface area (Å²) < 4.78 is 2.03. The summed E-state index contributed by atoms with van der Waals surface area (Å²) in [5.74, 6) is -0.481. The van der Waals surface area contributed by atoms with Gasteiger partial charge in [-0.15, -0.1) is 0 Å². The van der Waals surface area contributed by atoms with E-state index >= 15 is 0 Å². The van der Waals surface area contributed by atoms with Crippen LogP contribution in [-0.2, 0) is 4.79 Å². The van der Waals surface area contributed by atoms with Gasteiger partial charge in [-0.05, 0) is 74.4 Å². The van der Waals surface area contributed by atoms with Crippen molar-refractivity contribution in [3.8, 4) is 11.8 Å². The molecule has 3 aromatic rings. The van der Waals surface area contributed by atoms with Gasteiger partial charge in [-0.3, -0.25) is 4.79 Å². The molecule has 3 rings (SSSR count). The Morgan fingerprint density at radius 3 is 2.48 bits per heavy atom. The summed E-state index contributed by atoms with van der Waals surface area (Å²) in [6, 6.07) is 16.7. The molecule has 4 nitrogen and oxygen atoms in total. The van der Waals surface area contributed by atoms with Gasteiger partial charge >= 0.3 is 0 Å². The first-order valence-electron chi connectivity index (χ1n) is 8.94. The predicted molar refractivity (Wildman–Crippen MR) is 119 cm³/mol. The SMILES string of the molecule is Cc1ccc(Cl)cc1NC(=O)/C(C#N)=C\c1cc(C)n(-c2cccc(Cl)c2)c1C. The zero-order valence-electron chi connectivity index (χ0n) is 16.3. The summed E-state index contributed by atoms with van der Waals surface area (Å²) in [7, 11) is 0. The zero-order valence-corrected chi connectivity index (χ0v) is 17.8. The van der Waals surface area contributed by atoms with Crippen LogP contribution in [-0.4, -0.2) is 10.5 Å². The van der Waals surface area contributed by atoms with Crippen LogP contribution in [0, 0.1) is 32.1 Å². The highest BCUT2D eigenvalue weighted by molar-refractivity contribution is 6.31. The highest BCUT2D eigenvalue weighted by Crippen LogP contribution is 2.25. The summed E-state index contributed by atoms with van der Waals surface area (Å²) in [5, 5.41) is 13.5. The second kappa shape index (κ2) is 8.57. The number of hydrogen-bond donors (Lipinski definition) is 1. The molecule has 0 spiro atoms. The number of benzene rings is 2. The van der Waals surface area contributed by atoms with E-state index in [1.165, 1.54) is 0 Å². The summed E-state index contributed by atoms with van der Waals surface area (Å²) in [6.07, 6.45) is 1.60. The highest BCUT2D eigenvalue weighted by Gasteiger charge is 2.15. The number of rotatable bonds is 4. The van der Waals surface area contributed by atoms with Gasteiger partial charge in [0, 0.05) is 32.8 Å². The lowest BCUT2D eigenvalue weighted by atomic mass is 10.1. The van der Waals surface area contributed by atoms with Crippen LogP contribution in [0.3, 0.4) is 0 Å². The smallest absolute Gasteiger partial charge is 0.266 e. The molecular weight excluding hydrogens is 405 g/mol. The van der Waals surface area contributed by atoms with E-state index in [1.54, 1.807) is 18.2 Å². The van der Waals surface area contributed by atoms with Gasteiger partial charge in [-0.2, -0.15) is 5.26 Å². The average Bonchev–Trinajstić information content (AvgIpc) is 2.95. The number of aryl methyl sites for hydroxylation is 2. The molecule has 0 fully saturated rings. The van der Waals surface area contributed by atoms with Gasteiger partial charge in [0.25, 0.3) is 5.91 Å². The second-order valence-electron chi connectivity index (χ2n) is 6.72. The summed E-state index contributed by atoms with van der Waals surface area (Å²) in [5.41, 5.74) is 5.04. The van der Waals surface area contributed by atoms with Crippen LogP contribution >= 0.6 is 23.2 Å². The Labute approximate surface area is 180 Å². The molecule has 0 aliphatic rings. The predicted octanol–water partition coefficient (Wildman–Crippen LogP) is 6.26. The normalized spacial score (nSPS) is 11.2. The second-order valence-corrected chi connectivity index (χ2v) is 7.60. The zero-order chi connectivity index (χ0) is 21.1. The van der Waals surface area contributed by atoms with E-state index in [-0.39, 0.29) is 5.57 Å². The van der Waals surface area contributed by atoms with Crippen LogP contribution in [0.2, 0.25) is 10.0 Å². The molecule has 0 unspecified atom stereocenters. The molecule has 1 heterocycles. The number of nitrogens with zero attached hydrogens (tertiary/aromatic N) is 2. The minimum atomic E-state index is -0.481. The lowest BCUT2D eigenvalue weighted by Gasteiger charge is -2.10. The van der Waals surface area contributed by atoms with Crippen LogP contribution in [0.25, 0.3) is 11.8 Å². The molecule has 2 aromatic carbocycles. The minimum Gasteiger partial charge on any atom is -0.321 e.